The molecule has 0 saturated heterocycles. The Morgan fingerprint density at radius 1 is 0.822 bits per heavy atom. The van der Waals surface area contributed by atoms with Crippen molar-refractivity contribution < 1.29 is 28.5 Å². The van der Waals surface area contributed by atoms with E-state index < -0.39 is 5.91 Å². The van der Waals surface area contributed by atoms with Gasteiger partial charge >= 0.3 is 0 Å². The number of halogens is 1. The van der Waals surface area contributed by atoms with E-state index in [-0.39, 0.29) is 12.5 Å². The van der Waals surface area contributed by atoms with E-state index >= 15 is 0 Å². The summed E-state index contributed by atoms with van der Waals surface area (Å²) in [7, 11) is 0. The minimum Gasteiger partial charge on any atom is -0.490 e. The third kappa shape index (κ3) is 9.58. The van der Waals surface area contributed by atoms with Gasteiger partial charge in [0.2, 0.25) is 0 Å². The molecular weight excluding hydrogens is 638 g/mol. The molecule has 0 spiro atoms. The van der Waals surface area contributed by atoms with Crippen molar-refractivity contribution in [3.8, 4) is 23.0 Å². The van der Waals surface area contributed by atoms with Crippen molar-refractivity contribution >= 4 is 39.6 Å². The number of aryl methyl sites for hydroxylation is 2. The Kier molecular flexibility index (Phi) is 12.0. The number of amides is 2. The summed E-state index contributed by atoms with van der Waals surface area (Å²) < 4.78 is 23.8. The molecule has 0 unspecified atom stereocenters. The van der Waals surface area contributed by atoms with Crippen molar-refractivity contribution in [3.63, 3.8) is 0 Å². The highest BCUT2D eigenvalue weighted by Gasteiger charge is 2.15. The molecular formula is C35H36BrN3O6. The number of benzene rings is 4. The summed E-state index contributed by atoms with van der Waals surface area (Å²) in [6.07, 6.45) is 1.49. The molecule has 9 nitrogen and oxygen atoms in total. The maximum absolute atomic E-state index is 12.9. The number of rotatable bonds is 14. The average Bonchev–Trinajstić information content (AvgIpc) is 3.02. The number of carbonyl (C=O) groups is 2. The largest absolute Gasteiger partial charge is 0.490 e. The van der Waals surface area contributed by atoms with Gasteiger partial charge in [-0.05, 0) is 102 Å². The van der Waals surface area contributed by atoms with E-state index in [9.17, 15) is 9.59 Å². The summed E-state index contributed by atoms with van der Waals surface area (Å²) in [4.78, 5) is 25.5. The van der Waals surface area contributed by atoms with Gasteiger partial charge in [-0.25, -0.2) is 5.43 Å². The maximum atomic E-state index is 12.9. The van der Waals surface area contributed by atoms with E-state index in [1.807, 2.05) is 76.2 Å². The monoisotopic (exact) mass is 673 g/mol. The topological polar surface area (TPSA) is 107 Å². The van der Waals surface area contributed by atoms with Crippen LogP contribution in [0, 0.1) is 13.8 Å². The van der Waals surface area contributed by atoms with Gasteiger partial charge in [-0.2, -0.15) is 5.10 Å². The minimum absolute atomic E-state index is 0.213. The third-order valence-corrected chi connectivity index (χ3v) is 7.06. The number of nitrogens with zero attached hydrogens (tertiary/aromatic N) is 1. The molecule has 0 aromatic heterocycles. The highest BCUT2D eigenvalue weighted by atomic mass is 79.9. The molecule has 2 amide bonds. The van der Waals surface area contributed by atoms with Gasteiger partial charge in [-0.3, -0.25) is 9.59 Å². The predicted molar refractivity (Wildman–Crippen MR) is 179 cm³/mol. The fourth-order valence-corrected chi connectivity index (χ4v) is 4.84. The molecule has 4 aromatic carbocycles. The molecule has 0 aliphatic heterocycles. The summed E-state index contributed by atoms with van der Waals surface area (Å²) >= 11 is 3.51. The highest BCUT2D eigenvalue weighted by Crippen LogP contribution is 2.37. The van der Waals surface area contributed by atoms with Crippen LogP contribution in [-0.2, 0) is 11.4 Å². The SMILES string of the molecule is CCOc1cc(C(=O)N/N=C/c2cc(Br)c(OCC(=O)Nc3cc(C)ccc3C)c(OCC)c2)ccc1OCc1ccccc1. The zero-order chi connectivity index (χ0) is 32.2. The Morgan fingerprint density at radius 3 is 2.33 bits per heavy atom. The molecule has 0 fully saturated rings. The van der Waals surface area contributed by atoms with Crippen LogP contribution in [0.3, 0.4) is 0 Å². The minimum atomic E-state index is -0.416. The van der Waals surface area contributed by atoms with Crippen LogP contribution in [0.1, 0.15) is 46.5 Å². The van der Waals surface area contributed by atoms with Crippen molar-refractivity contribution in [2.24, 2.45) is 5.10 Å². The smallest absolute Gasteiger partial charge is 0.271 e. The Balaban J connectivity index is 1.39. The fourth-order valence-electron chi connectivity index (χ4n) is 4.26. The predicted octanol–water partition coefficient (Wildman–Crippen LogP) is 7.22. The van der Waals surface area contributed by atoms with Gasteiger partial charge in [-0.1, -0.05) is 42.5 Å². The van der Waals surface area contributed by atoms with Crippen LogP contribution in [0.15, 0.2) is 88.4 Å². The summed E-state index contributed by atoms with van der Waals surface area (Å²) in [5.41, 5.74) is 7.31. The molecule has 10 heteroatoms. The molecule has 0 atom stereocenters. The Bertz CT molecular complexity index is 1660. The quantitative estimate of drug-likeness (QED) is 0.108. The molecule has 0 aliphatic rings. The first kappa shape index (κ1) is 33.1. The van der Waals surface area contributed by atoms with Crippen LogP contribution < -0.4 is 29.7 Å². The van der Waals surface area contributed by atoms with Crippen LogP contribution >= 0.6 is 15.9 Å². The van der Waals surface area contributed by atoms with E-state index in [2.05, 4.69) is 31.8 Å². The number of hydrazone groups is 1. The van der Waals surface area contributed by atoms with Gasteiger partial charge in [-0.15, -0.1) is 0 Å². The fraction of sp³-hybridized carbons (Fsp3) is 0.229. The Labute approximate surface area is 271 Å². The van der Waals surface area contributed by atoms with Gasteiger partial charge in [0.15, 0.2) is 29.6 Å². The van der Waals surface area contributed by atoms with Gasteiger partial charge in [0.25, 0.3) is 11.8 Å². The molecule has 0 radical (unpaired) electrons. The Hall–Kier alpha value is -4.83. The third-order valence-electron chi connectivity index (χ3n) is 6.47. The second-order valence-corrected chi connectivity index (χ2v) is 10.8. The first-order valence-corrected chi connectivity index (χ1v) is 15.3. The molecule has 0 heterocycles. The average molecular weight is 675 g/mol. The van der Waals surface area contributed by atoms with Crippen LogP contribution in [0.25, 0.3) is 0 Å². The van der Waals surface area contributed by atoms with Crippen LogP contribution in [0.4, 0.5) is 5.69 Å². The van der Waals surface area contributed by atoms with E-state index in [1.165, 1.54) is 6.21 Å². The van der Waals surface area contributed by atoms with Crippen molar-refractivity contribution in [3.05, 3.63) is 111 Å². The lowest BCUT2D eigenvalue weighted by Gasteiger charge is -2.15. The van der Waals surface area contributed by atoms with Crippen molar-refractivity contribution in [1.29, 1.82) is 0 Å². The van der Waals surface area contributed by atoms with Crippen LogP contribution in [-0.4, -0.2) is 37.8 Å². The van der Waals surface area contributed by atoms with E-state index in [0.717, 1.165) is 22.4 Å². The molecule has 4 rings (SSSR count). The standard InChI is InChI=1S/C35H36BrN3O6/c1-5-42-31-19-27(14-15-30(31)44-21-25-10-8-7-9-11-25)35(41)39-37-20-26-17-28(36)34(32(18-26)43-6-2)45-22-33(40)38-29-16-23(3)12-13-24(29)4/h7-20H,5-6,21-22H2,1-4H3,(H,38,40)(H,39,41)/b37-20+. The molecule has 0 saturated carbocycles. The lowest BCUT2D eigenvalue weighted by atomic mass is 10.1. The van der Waals surface area contributed by atoms with Crippen molar-refractivity contribution in [2.45, 2.75) is 34.3 Å². The highest BCUT2D eigenvalue weighted by molar-refractivity contribution is 9.10. The molecule has 234 valence electrons. The number of anilines is 1. The molecule has 0 bridgehead atoms. The second-order valence-electron chi connectivity index (χ2n) is 9.99. The second kappa shape index (κ2) is 16.3. The molecule has 4 aromatic rings. The maximum Gasteiger partial charge on any atom is 0.271 e. The van der Waals surface area contributed by atoms with Crippen molar-refractivity contribution in [1.82, 2.24) is 5.43 Å². The summed E-state index contributed by atoms with van der Waals surface area (Å²) in [5, 5.41) is 7.01. The lowest BCUT2D eigenvalue weighted by molar-refractivity contribution is -0.118. The molecule has 0 aliphatic carbocycles. The van der Waals surface area contributed by atoms with E-state index in [0.29, 0.717) is 58.4 Å². The summed E-state index contributed by atoms with van der Waals surface area (Å²) in [6, 6.07) is 24.1. The van der Waals surface area contributed by atoms with Crippen LogP contribution in [0.2, 0.25) is 0 Å². The zero-order valence-electron chi connectivity index (χ0n) is 25.7. The van der Waals surface area contributed by atoms with Crippen LogP contribution in [0.5, 0.6) is 23.0 Å². The number of carbonyl (C=O) groups excluding carboxylic acids is 2. The number of ether oxygens (including phenoxy) is 4. The summed E-state index contributed by atoms with van der Waals surface area (Å²) in [6.45, 7) is 8.56. The lowest BCUT2D eigenvalue weighted by Crippen LogP contribution is -2.21. The van der Waals surface area contributed by atoms with Gasteiger partial charge < -0.3 is 24.3 Å². The Morgan fingerprint density at radius 2 is 1.58 bits per heavy atom. The number of hydrogen-bond donors (Lipinski definition) is 2. The molecule has 45 heavy (non-hydrogen) atoms. The normalized spacial score (nSPS) is 10.8. The molecule has 2 N–H and O–H groups in total. The number of hydrogen-bond acceptors (Lipinski definition) is 7. The summed E-state index contributed by atoms with van der Waals surface area (Å²) in [5.74, 6) is 1.10. The van der Waals surface area contributed by atoms with Gasteiger partial charge in [0.1, 0.15) is 6.61 Å². The first-order chi connectivity index (χ1) is 21.8. The van der Waals surface area contributed by atoms with Gasteiger partial charge in [0.05, 0.1) is 23.9 Å². The first-order valence-electron chi connectivity index (χ1n) is 14.5. The number of nitrogens with one attached hydrogen (secondary N) is 2. The van der Waals surface area contributed by atoms with Gasteiger partial charge in [0, 0.05) is 11.3 Å². The van der Waals surface area contributed by atoms with E-state index in [4.69, 9.17) is 18.9 Å². The van der Waals surface area contributed by atoms with Crippen molar-refractivity contribution in [2.75, 3.05) is 25.1 Å². The zero-order valence-corrected chi connectivity index (χ0v) is 27.3. The van der Waals surface area contributed by atoms with E-state index in [1.54, 1.807) is 30.3 Å².